The quantitative estimate of drug-likeness (QED) is 0.872. The zero-order valence-electron chi connectivity index (χ0n) is 11.0. The molecule has 1 heterocycles. The van der Waals surface area contributed by atoms with Crippen LogP contribution in [0.4, 0.5) is 10.5 Å². The predicted octanol–water partition coefficient (Wildman–Crippen LogP) is 1.96. The third kappa shape index (κ3) is 3.27. The Morgan fingerprint density at radius 2 is 2.16 bits per heavy atom. The van der Waals surface area contributed by atoms with Crippen LogP contribution in [0.3, 0.4) is 0 Å². The highest BCUT2D eigenvalue weighted by Gasteiger charge is 2.27. The molecule has 0 radical (unpaired) electrons. The van der Waals surface area contributed by atoms with E-state index in [1.807, 2.05) is 0 Å². The topological polar surface area (TPSA) is 88.7 Å². The van der Waals surface area contributed by atoms with Crippen LogP contribution < -0.4 is 10.5 Å². The molecule has 1 aromatic heterocycles. The van der Waals surface area contributed by atoms with E-state index < -0.39 is 6.09 Å². The SMILES string of the molecule is CN(C(=O)O)C1CCC(Oc2ncccc2N)CC1. The second-order valence-corrected chi connectivity index (χ2v) is 4.84. The standard InChI is InChI=1S/C13H19N3O3/c1-16(13(17)18)9-4-6-10(7-5-9)19-12-11(14)3-2-8-15-12/h2-3,8-10H,4-7,14H2,1H3,(H,17,18). The first-order chi connectivity index (χ1) is 9.08. The van der Waals surface area contributed by atoms with Crippen LogP contribution in [0.1, 0.15) is 25.7 Å². The summed E-state index contributed by atoms with van der Waals surface area (Å²) in [4.78, 5) is 16.4. The van der Waals surface area contributed by atoms with Crippen molar-refractivity contribution in [3.05, 3.63) is 18.3 Å². The number of aromatic nitrogens is 1. The lowest BCUT2D eigenvalue weighted by Gasteiger charge is -2.33. The summed E-state index contributed by atoms with van der Waals surface area (Å²) < 4.78 is 5.77. The summed E-state index contributed by atoms with van der Waals surface area (Å²) in [6.07, 6.45) is 4.08. The summed E-state index contributed by atoms with van der Waals surface area (Å²) >= 11 is 0. The minimum Gasteiger partial charge on any atom is -0.473 e. The van der Waals surface area contributed by atoms with Crippen LogP contribution in [0.15, 0.2) is 18.3 Å². The van der Waals surface area contributed by atoms with Crippen molar-refractivity contribution >= 4 is 11.8 Å². The number of nitrogen functional groups attached to an aromatic ring is 1. The molecule has 1 saturated carbocycles. The molecule has 1 aliphatic rings. The Morgan fingerprint density at radius 3 is 2.74 bits per heavy atom. The molecule has 1 amide bonds. The number of rotatable bonds is 3. The fraction of sp³-hybridized carbons (Fsp3) is 0.538. The molecule has 6 nitrogen and oxygen atoms in total. The third-order valence-electron chi connectivity index (χ3n) is 3.57. The molecule has 0 spiro atoms. The van der Waals surface area contributed by atoms with E-state index >= 15 is 0 Å². The van der Waals surface area contributed by atoms with E-state index in [4.69, 9.17) is 15.6 Å². The van der Waals surface area contributed by atoms with E-state index in [1.165, 1.54) is 4.90 Å². The van der Waals surface area contributed by atoms with E-state index in [9.17, 15) is 4.79 Å². The lowest BCUT2D eigenvalue weighted by Crippen LogP contribution is -2.40. The molecular formula is C13H19N3O3. The number of anilines is 1. The largest absolute Gasteiger partial charge is 0.473 e. The summed E-state index contributed by atoms with van der Waals surface area (Å²) in [6.45, 7) is 0. The third-order valence-corrected chi connectivity index (χ3v) is 3.57. The molecule has 0 aliphatic heterocycles. The van der Waals surface area contributed by atoms with Crippen LogP contribution in [0.5, 0.6) is 5.88 Å². The van der Waals surface area contributed by atoms with Crippen molar-refractivity contribution in [3.8, 4) is 5.88 Å². The number of carboxylic acid groups (broad SMARTS) is 1. The van der Waals surface area contributed by atoms with Crippen LogP contribution in [-0.4, -0.2) is 40.3 Å². The fourth-order valence-electron chi connectivity index (χ4n) is 2.37. The number of nitrogens with zero attached hydrogens (tertiary/aromatic N) is 2. The van der Waals surface area contributed by atoms with Gasteiger partial charge >= 0.3 is 6.09 Å². The average molecular weight is 265 g/mol. The molecule has 19 heavy (non-hydrogen) atoms. The molecule has 0 atom stereocenters. The van der Waals surface area contributed by atoms with Crippen LogP contribution in [0, 0.1) is 0 Å². The highest BCUT2D eigenvalue weighted by atomic mass is 16.5. The van der Waals surface area contributed by atoms with Gasteiger partial charge < -0.3 is 20.5 Å². The first-order valence-electron chi connectivity index (χ1n) is 6.41. The normalized spacial score (nSPS) is 22.8. The summed E-state index contributed by atoms with van der Waals surface area (Å²) in [5.74, 6) is 0.470. The van der Waals surface area contributed by atoms with Gasteiger partial charge in [-0.2, -0.15) is 0 Å². The van der Waals surface area contributed by atoms with Gasteiger partial charge in [-0.25, -0.2) is 9.78 Å². The molecule has 1 fully saturated rings. The van der Waals surface area contributed by atoms with Gasteiger partial charge in [0.15, 0.2) is 0 Å². The van der Waals surface area contributed by atoms with Crippen molar-refractivity contribution in [2.24, 2.45) is 0 Å². The minimum atomic E-state index is -0.877. The Hall–Kier alpha value is -1.98. The second-order valence-electron chi connectivity index (χ2n) is 4.84. The van der Waals surface area contributed by atoms with Crippen molar-refractivity contribution in [2.75, 3.05) is 12.8 Å². The number of carbonyl (C=O) groups is 1. The lowest BCUT2D eigenvalue weighted by molar-refractivity contribution is 0.0888. The van der Waals surface area contributed by atoms with Crippen molar-refractivity contribution in [1.82, 2.24) is 9.88 Å². The van der Waals surface area contributed by atoms with Crippen LogP contribution >= 0.6 is 0 Å². The molecule has 0 bridgehead atoms. The van der Waals surface area contributed by atoms with Gasteiger partial charge in [-0.3, -0.25) is 0 Å². The second kappa shape index (κ2) is 5.77. The van der Waals surface area contributed by atoms with Gasteiger partial charge in [0, 0.05) is 19.3 Å². The van der Waals surface area contributed by atoms with Crippen molar-refractivity contribution < 1.29 is 14.6 Å². The molecule has 6 heteroatoms. The number of hydrogen-bond acceptors (Lipinski definition) is 4. The molecule has 2 rings (SSSR count). The number of amides is 1. The van der Waals surface area contributed by atoms with Gasteiger partial charge in [0.25, 0.3) is 0 Å². The highest BCUT2D eigenvalue weighted by molar-refractivity contribution is 5.64. The van der Waals surface area contributed by atoms with E-state index in [0.717, 1.165) is 25.7 Å². The van der Waals surface area contributed by atoms with E-state index in [2.05, 4.69) is 4.98 Å². The molecule has 104 valence electrons. The van der Waals surface area contributed by atoms with Gasteiger partial charge in [0.2, 0.25) is 5.88 Å². The van der Waals surface area contributed by atoms with E-state index in [-0.39, 0.29) is 12.1 Å². The number of pyridine rings is 1. The Morgan fingerprint density at radius 1 is 1.47 bits per heavy atom. The van der Waals surface area contributed by atoms with Crippen LogP contribution in [0.25, 0.3) is 0 Å². The molecule has 0 aromatic carbocycles. The maximum atomic E-state index is 10.9. The van der Waals surface area contributed by atoms with Gasteiger partial charge in [-0.05, 0) is 37.8 Å². The molecule has 3 N–H and O–H groups in total. The highest BCUT2D eigenvalue weighted by Crippen LogP contribution is 2.27. The van der Waals surface area contributed by atoms with Gasteiger partial charge in [0.1, 0.15) is 6.10 Å². The van der Waals surface area contributed by atoms with E-state index in [1.54, 1.807) is 25.4 Å². The maximum absolute atomic E-state index is 10.9. The predicted molar refractivity (Wildman–Crippen MR) is 71.1 cm³/mol. The smallest absolute Gasteiger partial charge is 0.407 e. The van der Waals surface area contributed by atoms with Gasteiger partial charge in [-0.15, -0.1) is 0 Å². The van der Waals surface area contributed by atoms with Gasteiger partial charge in [0.05, 0.1) is 5.69 Å². The zero-order valence-corrected chi connectivity index (χ0v) is 11.0. The Balaban J connectivity index is 1.87. The molecular weight excluding hydrogens is 246 g/mol. The number of nitrogens with two attached hydrogens (primary N) is 1. The number of hydrogen-bond donors (Lipinski definition) is 2. The Labute approximate surface area is 112 Å². The average Bonchev–Trinajstić information content (AvgIpc) is 2.41. The monoisotopic (exact) mass is 265 g/mol. The van der Waals surface area contributed by atoms with Crippen LogP contribution in [-0.2, 0) is 0 Å². The van der Waals surface area contributed by atoms with Crippen LogP contribution in [0.2, 0.25) is 0 Å². The first kappa shape index (κ1) is 13.5. The summed E-state index contributed by atoms with van der Waals surface area (Å²) in [5.41, 5.74) is 6.31. The zero-order chi connectivity index (χ0) is 13.8. The van der Waals surface area contributed by atoms with E-state index in [0.29, 0.717) is 11.6 Å². The van der Waals surface area contributed by atoms with Crippen molar-refractivity contribution in [1.29, 1.82) is 0 Å². The fourth-order valence-corrected chi connectivity index (χ4v) is 2.37. The first-order valence-corrected chi connectivity index (χ1v) is 6.41. The minimum absolute atomic E-state index is 0.0654. The summed E-state index contributed by atoms with van der Waals surface area (Å²) in [6, 6.07) is 3.60. The Kier molecular flexibility index (Phi) is 4.09. The molecule has 1 aliphatic carbocycles. The van der Waals surface area contributed by atoms with Gasteiger partial charge in [-0.1, -0.05) is 0 Å². The lowest BCUT2D eigenvalue weighted by atomic mass is 9.92. The molecule has 0 unspecified atom stereocenters. The number of ether oxygens (including phenoxy) is 1. The molecule has 0 saturated heterocycles. The Bertz CT molecular complexity index is 445. The summed E-state index contributed by atoms with van der Waals surface area (Å²) in [5, 5.41) is 8.94. The van der Waals surface area contributed by atoms with Crippen molar-refractivity contribution in [2.45, 2.75) is 37.8 Å². The van der Waals surface area contributed by atoms with Crippen molar-refractivity contribution in [3.63, 3.8) is 0 Å². The molecule has 1 aromatic rings. The summed E-state index contributed by atoms with van der Waals surface area (Å²) in [7, 11) is 1.62. The maximum Gasteiger partial charge on any atom is 0.407 e.